The van der Waals surface area contributed by atoms with E-state index < -0.39 is 0 Å². The second-order valence-electron chi connectivity index (χ2n) is 2.77. The maximum Gasteiger partial charge on any atom is 0.290 e. The largest absolute Gasteiger partial charge is 0.480 e. The van der Waals surface area contributed by atoms with Gasteiger partial charge in [-0.2, -0.15) is 0 Å². The molecule has 2 aromatic rings. The van der Waals surface area contributed by atoms with Crippen molar-refractivity contribution in [3.8, 4) is 5.95 Å². The standard InChI is InChI=1S/C11H9NO2/c13-11-9(6-7-14-11)8-12-10-4-2-1-3-5-10/h1-8,13H. The SMILES string of the molecule is Oc1occc1C=Nc1ccccc1. The molecule has 70 valence electrons. The molecule has 1 N–H and O–H groups in total. The Morgan fingerprint density at radius 1 is 1.14 bits per heavy atom. The Labute approximate surface area is 81.3 Å². The molecule has 1 heterocycles. The van der Waals surface area contributed by atoms with Gasteiger partial charge in [0, 0.05) is 6.21 Å². The first kappa shape index (κ1) is 8.56. The molecule has 1 aromatic heterocycles. The zero-order chi connectivity index (χ0) is 9.80. The van der Waals surface area contributed by atoms with Gasteiger partial charge in [-0.3, -0.25) is 4.99 Å². The van der Waals surface area contributed by atoms with Crippen molar-refractivity contribution in [1.82, 2.24) is 0 Å². The number of hydrogen-bond donors (Lipinski definition) is 1. The predicted molar refractivity (Wildman–Crippen MR) is 54.1 cm³/mol. The minimum absolute atomic E-state index is 0.107. The summed E-state index contributed by atoms with van der Waals surface area (Å²) in [5.74, 6) is -0.107. The lowest BCUT2D eigenvalue weighted by atomic mass is 10.3. The van der Waals surface area contributed by atoms with E-state index in [0.29, 0.717) is 5.56 Å². The Morgan fingerprint density at radius 2 is 1.93 bits per heavy atom. The quantitative estimate of drug-likeness (QED) is 0.734. The van der Waals surface area contributed by atoms with E-state index >= 15 is 0 Å². The Balaban J connectivity index is 2.20. The van der Waals surface area contributed by atoms with Gasteiger partial charge in [-0.05, 0) is 18.2 Å². The molecule has 0 amide bonds. The van der Waals surface area contributed by atoms with Crippen molar-refractivity contribution in [2.75, 3.05) is 0 Å². The van der Waals surface area contributed by atoms with E-state index in [0.717, 1.165) is 5.69 Å². The third kappa shape index (κ3) is 1.82. The van der Waals surface area contributed by atoms with Crippen LogP contribution in [0.25, 0.3) is 0 Å². The van der Waals surface area contributed by atoms with Crippen molar-refractivity contribution in [2.45, 2.75) is 0 Å². The molecule has 0 atom stereocenters. The number of benzene rings is 1. The van der Waals surface area contributed by atoms with Gasteiger partial charge in [-0.1, -0.05) is 18.2 Å². The van der Waals surface area contributed by atoms with Crippen LogP contribution < -0.4 is 0 Å². The van der Waals surface area contributed by atoms with Crippen molar-refractivity contribution in [3.05, 3.63) is 48.2 Å². The average Bonchev–Trinajstić information content (AvgIpc) is 2.63. The van der Waals surface area contributed by atoms with Crippen LogP contribution in [0.15, 0.2) is 52.1 Å². The van der Waals surface area contributed by atoms with Gasteiger partial charge in [0.15, 0.2) is 0 Å². The second kappa shape index (κ2) is 3.79. The number of furan rings is 1. The zero-order valence-electron chi connectivity index (χ0n) is 7.42. The van der Waals surface area contributed by atoms with E-state index in [2.05, 4.69) is 4.99 Å². The fraction of sp³-hybridized carbons (Fsp3) is 0. The van der Waals surface area contributed by atoms with Crippen LogP contribution in [-0.4, -0.2) is 11.3 Å². The lowest BCUT2D eigenvalue weighted by Gasteiger charge is -1.90. The van der Waals surface area contributed by atoms with E-state index in [-0.39, 0.29) is 5.95 Å². The molecule has 0 aliphatic rings. The van der Waals surface area contributed by atoms with E-state index in [1.807, 2.05) is 30.3 Å². The molecule has 0 saturated carbocycles. The van der Waals surface area contributed by atoms with Gasteiger partial charge in [0.05, 0.1) is 17.5 Å². The van der Waals surface area contributed by atoms with Crippen LogP contribution in [0.1, 0.15) is 5.56 Å². The summed E-state index contributed by atoms with van der Waals surface area (Å²) >= 11 is 0. The van der Waals surface area contributed by atoms with Crippen molar-refractivity contribution < 1.29 is 9.52 Å². The highest BCUT2D eigenvalue weighted by Crippen LogP contribution is 2.16. The minimum atomic E-state index is -0.107. The number of rotatable bonds is 2. The van der Waals surface area contributed by atoms with Crippen LogP contribution in [0.5, 0.6) is 5.95 Å². The summed E-state index contributed by atoms with van der Waals surface area (Å²) < 4.78 is 4.72. The molecule has 0 fully saturated rings. The lowest BCUT2D eigenvalue weighted by molar-refractivity contribution is 0.332. The average molecular weight is 187 g/mol. The summed E-state index contributed by atoms with van der Waals surface area (Å²) in [6, 6.07) is 11.2. The van der Waals surface area contributed by atoms with Crippen molar-refractivity contribution >= 4 is 11.9 Å². The van der Waals surface area contributed by atoms with Gasteiger partial charge < -0.3 is 9.52 Å². The van der Waals surface area contributed by atoms with Gasteiger partial charge in [0.1, 0.15) is 0 Å². The molecule has 2 rings (SSSR count). The highest BCUT2D eigenvalue weighted by atomic mass is 16.5. The molecule has 0 saturated heterocycles. The van der Waals surface area contributed by atoms with Crippen LogP contribution in [0.3, 0.4) is 0 Å². The summed E-state index contributed by atoms with van der Waals surface area (Å²) in [5.41, 5.74) is 1.42. The summed E-state index contributed by atoms with van der Waals surface area (Å²) in [6.45, 7) is 0. The number of hydrogen-bond acceptors (Lipinski definition) is 3. The molecule has 0 aliphatic heterocycles. The number of aliphatic imine (C=N–C) groups is 1. The highest BCUT2D eigenvalue weighted by molar-refractivity contribution is 5.84. The molecule has 0 spiro atoms. The van der Waals surface area contributed by atoms with Gasteiger partial charge in [-0.15, -0.1) is 0 Å². The van der Waals surface area contributed by atoms with E-state index in [4.69, 9.17) is 4.42 Å². The Kier molecular flexibility index (Phi) is 2.32. The molecular weight excluding hydrogens is 178 g/mol. The molecule has 0 aliphatic carbocycles. The first-order valence-electron chi connectivity index (χ1n) is 4.22. The third-order valence-electron chi connectivity index (χ3n) is 1.78. The molecule has 0 unspecified atom stereocenters. The zero-order valence-corrected chi connectivity index (χ0v) is 7.42. The molecule has 3 nitrogen and oxygen atoms in total. The van der Waals surface area contributed by atoms with Crippen LogP contribution in [0.4, 0.5) is 5.69 Å². The first-order chi connectivity index (χ1) is 6.86. The molecule has 0 bridgehead atoms. The number of aromatic hydroxyl groups is 1. The van der Waals surface area contributed by atoms with Crippen LogP contribution >= 0.6 is 0 Å². The maximum absolute atomic E-state index is 9.17. The topological polar surface area (TPSA) is 45.7 Å². The Bertz CT molecular complexity index is 432. The normalized spacial score (nSPS) is 10.9. The summed E-state index contributed by atoms with van der Waals surface area (Å²) in [4.78, 5) is 4.16. The summed E-state index contributed by atoms with van der Waals surface area (Å²) in [6.07, 6.45) is 2.98. The minimum Gasteiger partial charge on any atom is -0.480 e. The summed E-state index contributed by atoms with van der Waals surface area (Å²) in [7, 11) is 0. The van der Waals surface area contributed by atoms with Crippen molar-refractivity contribution in [2.24, 2.45) is 4.99 Å². The maximum atomic E-state index is 9.17. The van der Waals surface area contributed by atoms with Crippen LogP contribution in [0, 0.1) is 0 Å². The molecule has 0 radical (unpaired) electrons. The molecular formula is C11H9NO2. The predicted octanol–water partition coefficient (Wildman–Crippen LogP) is 2.74. The highest BCUT2D eigenvalue weighted by Gasteiger charge is 1.99. The van der Waals surface area contributed by atoms with E-state index in [1.165, 1.54) is 6.26 Å². The number of nitrogens with zero attached hydrogens (tertiary/aromatic N) is 1. The molecule has 3 heteroatoms. The van der Waals surface area contributed by atoms with E-state index in [9.17, 15) is 5.11 Å². The number of para-hydroxylation sites is 1. The van der Waals surface area contributed by atoms with Crippen LogP contribution in [0.2, 0.25) is 0 Å². The molecule has 1 aromatic carbocycles. The van der Waals surface area contributed by atoms with Crippen LogP contribution in [-0.2, 0) is 0 Å². The van der Waals surface area contributed by atoms with Gasteiger partial charge in [-0.25, -0.2) is 0 Å². The fourth-order valence-corrected chi connectivity index (χ4v) is 1.07. The summed E-state index contributed by atoms with van der Waals surface area (Å²) in [5, 5.41) is 9.17. The van der Waals surface area contributed by atoms with Crippen molar-refractivity contribution in [3.63, 3.8) is 0 Å². The van der Waals surface area contributed by atoms with E-state index in [1.54, 1.807) is 12.3 Å². The fourth-order valence-electron chi connectivity index (χ4n) is 1.07. The van der Waals surface area contributed by atoms with Gasteiger partial charge in [0.25, 0.3) is 5.95 Å². The smallest absolute Gasteiger partial charge is 0.290 e. The monoisotopic (exact) mass is 187 g/mol. The Morgan fingerprint density at radius 3 is 2.57 bits per heavy atom. The first-order valence-corrected chi connectivity index (χ1v) is 4.22. The Hall–Kier alpha value is -2.03. The third-order valence-corrected chi connectivity index (χ3v) is 1.78. The second-order valence-corrected chi connectivity index (χ2v) is 2.77. The van der Waals surface area contributed by atoms with Crippen molar-refractivity contribution in [1.29, 1.82) is 0 Å². The lowest BCUT2D eigenvalue weighted by Crippen LogP contribution is -1.74. The molecule has 14 heavy (non-hydrogen) atoms. The van der Waals surface area contributed by atoms with Gasteiger partial charge >= 0.3 is 0 Å². The van der Waals surface area contributed by atoms with Gasteiger partial charge in [0.2, 0.25) is 0 Å².